The van der Waals surface area contributed by atoms with Gasteiger partial charge in [0, 0.05) is 0 Å². The number of hydrogen-bond acceptors (Lipinski definition) is 5. The first-order valence-corrected chi connectivity index (χ1v) is 2.22. The van der Waals surface area contributed by atoms with Crippen molar-refractivity contribution < 1.29 is 15.3 Å². The van der Waals surface area contributed by atoms with Gasteiger partial charge in [-0.2, -0.15) is 5.26 Å². The Bertz CT molecular complexity index is 76.4. The van der Waals surface area contributed by atoms with Crippen LogP contribution in [-0.4, -0.2) is 34.6 Å². The summed E-state index contributed by atoms with van der Waals surface area (Å²) in [4.78, 5) is 0. The van der Waals surface area contributed by atoms with E-state index in [4.69, 9.17) is 20.6 Å². The highest BCUT2D eigenvalue weighted by molar-refractivity contribution is 4.46. The Balaban J connectivity index is 0. The number of aliphatic hydroxyl groups excluding tert-OH is 3. The lowest BCUT2D eigenvalue weighted by Crippen LogP contribution is -2.15. The predicted molar refractivity (Wildman–Crippen MR) is 30.0 cm³/mol. The van der Waals surface area contributed by atoms with Gasteiger partial charge in [0.25, 0.3) is 0 Å². The third kappa shape index (κ3) is 19.1. The fourth-order valence-electron chi connectivity index (χ4n) is 0.0577. The smallest absolute Gasteiger partial charge is 0.173 e. The zero-order valence-electron chi connectivity index (χ0n) is 4.86. The summed E-state index contributed by atoms with van der Waals surface area (Å²) in [5.74, 6) is 0. The average molecular weight is 134 g/mol. The molecule has 5 nitrogen and oxygen atoms in total. The molecule has 0 aromatic carbocycles. The van der Waals surface area contributed by atoms with Crippen LogP contribution in [0.4, 0.5) is 0 Å². The lowest BCUT2D eigenvalue weighted by Gasteiger charge is -1.96. The Morgan fingerprint density at radius 2 is 1.67 bits per heavy atom. The second kappa shape index (κ2) is 10.2. The van der Waals surface area contributed by atoms with E-state index < -0.39 is 6.10 Å². The Morgan fingerprint density at radius 3 is 1.67 bits per heavy atom. The second-order valence-electron chi connectivity index (χ2n) is 1.15. The zero-order valence-corrected chi connectivity index (χ0v) is 4.86. The van der Waals surface area contributed by atoms with Gasteiger partial charge >= 0.3 is 0 Å². The topological polar surface area (TPSA) is 111 Å². The minimum Gasteiger partial charge on any atom is -0.394 e. The summed E-state index contributed by atoms with van der Waals surface area (Å²) in [6.07, 6.45) is 0.296. The van der Waals surface area contributed by atoms with Gasteiger partial charge in [-0.3, -0.25) is 0 Å². The summed E-state index contributed by atoms with van der Waals surface area (Å²) in [7, 11) is 0. The highest BCUT2D eigenvalue weighted by atomic mass is 16.3. The quantitative estimate of drug-likeness (QED) is 0.252. The molecular weight excluding hydrogens is 124 g/mol. The Labute approximate surface area is 53.0 Å². The molecule has 0 saturated heterocycles. The molecule has 9 heavy (non-hydrogen) atoms. The second-order valence-corrected chi connectivity index (χ2v) is 1.15. The van der Waals surface area contributed by atoms with Gasteiger partial charge in [0.05, 0.1) is 13.2 Å². The summed E-state index contributed by atoms with van der Waals surface area (Å²) in [6.45, 7) is -0.729. The molecule has 0 rings (SSSR count). The lowest BCUT2D eigenvalue weighted by atomic mass is 10.4. The van der Waals surface area contributed by atoms with E-state index in [2.05, 4.69) is 5.73 Å². The predicted octanol–water partition coefficient (Wildman–Crippen LogP) is -2.24. The van der Waals surface area contributed by atoms with Gasteiger partial charge in [0.15, 0.2) is 6.19 Å². The van der Waals surface area contributed by atoms with E-state index in [1.54, 1.807) is 0 Å². The molecule has 0 aliphatic rings. The first-order valence-electron chi connectivity index (χ1n) is 2.22. The van der Waals surface area contributed by atoms with E-state index in [9.17, 15) is 0 Å². The molecule has 0 fully saturated rings. The molecule has 0 atom stereocenters. The summed E-state index contributed by atoms with van der Waals surface area (Å²) >= 11 is 0. The average Bonchev–Trinajstić information content (AvgIpc) is 1.88. The van der Waals surface area contributed by atoms with E-state index in [1.807, 2.05) is 0 Å². The Hall–Kier alpha value is -0.830. The number of nitrogens with two attached hydrogens (primary N) is 1. The molecule has 0 saturated carbocycles. The van der Waals surface area contributed by atoms with Gasteiger partial charge in [0.2, 0.25) is 0 Å². The third-order valence-electron chi connectivity index (χ3n) is 0.421. The monoisotopic (exact) mass is 134 g/mol. The summed E-state index contributed by atoms with van der Waals surface area (Å²) in [5.41, 5.74) is 4.15. The van der Waals surface area contributed by atoms with E-state index >= 15 is 0 Å². The number of nitrogens with zero attached hydrogens (tertiary/aromatic N) is 1. The van der Waals surface area contributed by atoms with Gasteiger partial charge in [-0.05, 0) is 0 Å². The van der Waals surface area contributed by atoms with E-state index in [1.165, 1.54) is 6.19 Å². The van der Waals surface area contributed by atoms with Crippen LogP contribution < -0.4 is 5.73 Å². The lowest BCUT2D eigenvalue weighted by molar-refractivity contribution is 0.0450. The van der Waals surface area contributed by atoms with Crippen LogP contribution in [0.25, 0.3) is 0 Å². The molecule has 0 aliphatic heterocycles. The van der Waals surface area contributed by atoms with E-state index in [-0.39, 0.29) is 13.2 Å². The van der Waals surface area contributed by atoms with Crippen molar-refractivity contribution in [2.24, 2.45) is 5.73 Å². The van der Waals surface area contributed by atoms with Crippen molar-refractivity contribution in [1.29, 1.82) is 5.26 Å². The van der Waals surface area contributed by atoms with Crippen molar-refractivity contribution in [3.05, 3.63) is 0 Å². The van der Waals surface area contributed by atoms with Crippen LogP contribution in [0.15, 0.2) is 0 Å². The molecule has 0 heterocycles. The largest absolute Gasteiger partial charge is 0.394 e. The molecule has 5 N–H and O–H groups in total. The Kier molecular flexibility index (Phi) is 12.5. The number of hydrogen-bond donors (Lipinski definition) is 4. The zero-order chi connectivity index (χ0) is 7.70. The van der Waals surface area contributed by atoms with Crippen LogP contribution in [-0.2, 0) is 0 Å². The van der Waals surface area contributed by atoms with Gasteiger partial charge in [-0.1, -0.05) is 0 Å². The normalized spacial score (nSPS) is 7.44. The van der Waals surface area contributed by atoms with Crippen LogP contribution in [0.1, 0.15) is 0 Å². The molecular formula is C4H10N2O3. The highest BCUT2D eigenvalue weighted by Crippen LogP contribution is 1.71. The molecule has 0 aliphatic carbocycles. The van der Waals surface area contributed by atoms with Crippen LogP contribution in [0.2, 0.25) is 0 Å². The van der Waals surface area contributed by atoms with Crippen LogP contribution in [0.5, 0.6) is 0 Å². The number of nitriles is 1. The van der Waals surface area contributed by atoms with Crippen molar-refractivity contribution in [1.82, 2.24) is 0 Å². The van der Waals surface area contributed by atoms with Crippen molar-refractivity contribution in [2.75, 3.05) is 13.2 Å². The SMILES string of the molecule is N#CN.OCC(O)CO. The minimum atomic E-state index is -0.954. The number of rotatable bonds is 2. The molecule has 0 aromatic rings. The first-order chi connectivity index (χ1) is 4.22. The van der Waals surface area contributed by atoms with Gasteiger partial charge in [0.1, 0.15) is 6.10 Å². The van der Waals surface area contributed by atoms with Crippen molar-refractivity contribution in [3.8, 4) is 6.19 Å². The minimum absolute atomic E-state index is 0.365. The first kappa shape index (κ1) is 11.0. The van der Waals surface area contributed by atoms with Crippen LogP contribution in [0.3, 0.4) is 0 Å². The molecule has 0 bridgehead atoms. The van der Waals surface area contributed by atoms with Gasteiger partial charge < -0.3 is 21.1 Å². The van der Waals surface area contributed by atoms with E-state index in [0.717, 1.165) is 0 Å². The molecule has 0 radical (unpaired) electrons. The maximum absolute atomic E-state index is 8.17. The molecule has 54 valence electrons. The van der Waals surface area contributed by atoms with Crippen molar-refractivity contribution >= 4 is 0 Å². The standard InChI is InChI=1S/C3H8O3.CH2N2/c4-1-3(6)2-5;2-1-3/h3-6H,1-2H2;2H2. The summed E-state index contributed by atoms with van der Waals surface area (Å²) in [5, 5.41) is 31.1. The summed E-state index contributed by atoms with van der Waals surface area (Å²) in [6, 6.07) is 0. The Morgan fingerprint density at radius 1 is 1.44 bits per heavy atom. The third-order valence-corrected chi connectivity index (χ3v) is 0.421. The molecule has 0 spiro atoms. The highest BCUT2D eigenvalue weighted by Gasteiger charge is 1.93. The molecule has 0 aromatic heterocycles. The van der Waals surface area contributed by atoms with Gasteiger partial charge in [-0.25, -0.2) is 0 Å². The number of aliphatic hydroxyl groups is 3. The van der Waals surface area contributed by atoms with E-state index in [0.29, 0.717) is 0 Å². The van der Waals surface area contributed by atoms with Crippen LogP contribution >= 0.6 is 0 Å². The maximum atomic E-state index is 8.17. The molecule has 0 unspecified atom stereocenters. The summed E-state index contributed by atoms with van der Waals surface area (Å²) < 4.78 is 0. The fourth-order valence-corrected chi connectivity index (χ4v) is 0.0577. The van der Waals surface area contributed by atoms with Crippen LogP contribution in [0, 0.1) is 11.5 Å². The van der Waals surface area contributed by atoms with Crippen molar-refractivity contribution in [3.63, 3.8) is 0 Å². The fraction of sp³-hybridized carbons (Fsp3) is 0.750. The maximum Gasteiger partial charge on any atom is 0.173 e. The molecule has 0 amide bonds. The molecule has 5 heteroatoms. The van der Waals surface area contributed by atoms with Crippen molar-refractivity contribution in [2.45, 2.75) is 6.10 Å². The van der Waals surface area contributed by atoms with Gasteiger partial charge in [-0.15, -0.1) is 0 Å².